The van der Waals surface area contributed by atoms with Crippen molar-refractivity contribution in [3.05, 3.63) is 121 Å². The number of cyclic esters (lactones) is 1. The fourth-order valence-electron chi connectivity index (χ4n) is 10.6. The lowest BCUT2D eigenvalue weighted by molar-refractivity contribution is -0.173. The molecule has 5 heterocycles. The fraction of sp³-hybridized carbons (Fsp3) is 0.491. The van der Waals surface area contributed by atoms with Gasteiger partial charge in [-0.1, -0.05) is 97.8 Å². The number of pyridine rings is 2. The number of hydrogen-bond acceptors (Lipinski definition) is 9. The van der Waals surface area contributed by atoms with Gasteiger partial charge in [-0.05, 0) is 137 Å². The first kappa shape index (κ1) is 47.7. The van der Waals surface area contributed by atoms with E-state index in [0.29, 0.717) is 35.2 Å². The smallest absolute Gasteiger partial charge is 0.355 e. The Morgan fingerprint density at radius 3 is 2.15 bits per heavy atom. The van der Waals surface area contributed by atoms with Gasteiger partial charge >= 0.3 is 17.9 Å². The minimum Gasteiger partial charge on any atom is -0.487 e. The summed E-state index contributed by atoms with van der Waals surface area (Å²) < 4.78 is 26.3. The molecular weight excluding hydrogens is 841 g/mol. The summed E-state index contributed by atoms with van der Waals surface area (Å²) in [5.74, 6) is 1.63. The molecule has 67 heavy (non-hydrogen) atoms. The van der Waals surface area contributed by atoms with Crippen LogP contribution < -0.4 is 15.0 Å². The summed E-state index contributed by atoms with van der Waals surface area (Å²) in [6.45, 7) is 19.5. The highest BCUT2D eigenvalue weighted by molar-refractivity contribution is 5.96. The van der Waals surface area contributed by atoms with Crippen molar-refractivity contribution in [1.82, 2.24) is 9.55 Å². The molecule has 4 atom stereocenters. The van der Waals surface area contributed by atoms with Crippen LogP contribution in [0.3, 0.4) is 0 Å². The first-order valence-electron chi connectivity index (χ1n) is 24.7. The third-order valence-corrected chi connectivity index (χ3v) is 15.0. The van der Waals surface area contributed by atoms with Crippen molar-refractivity contribution in [2.24, 2.45) is 17.8 Å². The van der Waals surface area contributed by atoms with Gasteiger partial charge in [0.05, 0.1) is 40.1 Å². The van der Waals surface area contributed by atoms with E-state index in [1.54, 1.807) is 17.6 Å². The maximum Gasteiger partial charge on any atom is 0.355 e. The monoisotopic (exact) mass is 908 g/mol. The maximum atomic E-state index is 14.0. The molecule has 3 aliphatic heterocycles. The summed E-state index contributed by atoms with van der Waals surface area (Å²) in [5.41, 5.74) is 5.12. The minimum absolute atomic E-state index is 0.0246. The zero-order valence-electron chi connectivity index (χ0n) is 41.1. The van der Waals surface area contributed by atoms with Crippen LogP contribution in [0.15, 0.2) is 65.5 Å². The van der Waals surface area contributed by atoms with Crippen molar-refractivity contribution >= 4 is 28.8 Å². The van der Waals surface area contributed by atoms with Crippen LogP contribution in [0.2, 0.25) is 0 Å². The lowest BCUT2D eigenvalue weighted by Gasteiger charge is -2.38. The molecule has 0 amide bonds. The van der Waals surface area contributed by atoms with E-state index in [2.05, 4.69) is 34.6 Å². The van der Waals surface area contributed by atoms with Crippen molar-refractivity contribution in [3.63, 3.8) is 0 Å². The van der Waals surface area contributed by atoms with E-state index in [1.807, 2.05) is 51.1 Å². The number of fused-ring (bicyclic) bond motifs is 6. The Bertz CT molecular complexity index is 2770. The van der Waals surface area contributed by atoms with E-state index < -0.39 is 23.5 Å². The zero-order chi connectivity index (χ0) is 47.8. The second kappa shape index (κ2) is 19.4. The van der Waals surface area contributed by atoms with Crippen LogP contribution in [0.5, 0.6) is 11.5 Å². The Morgan fingerprint density at radius 1 is 0.806 bits per heavy atom. The number of rotatable bonds is 17. The summed E-state index contributed by atoms with van der Waals surface area (Å²) in [6, 6.07) is 17.5. The van der Waals surface area contributed by atoms with E-state index in [0.717, 1.165) is 82.0 Å². The summed E-state index contributed by atoms with van der Waals surface area (Å²) in [7, 11) is 0. The van der Waals surface area contributed by atoms with Crippen molar-refractivity contribution in [2.75, 3.05) is 0 Å². The number of carbonyl (C=O) groups excluding carboxylic acids is 3. The van der Waals surface area contributed by atoms with Crippen molar-refractivity contribution in [2.45, 2.75) is 164 Å². The number of hydrogen-bond donors (Lipinski definition) is 0. The molecular formula is C57H68N2O8. The van der Waals surface area contributed by atoms with Gasteiger partial charge in [0.15, 0.2) is 0 Å². The lowest BCUT2D eigenvalue weighted by Crippen LogP contribution is -2.47. The molecule has 3 aliphatic rings. The molecule has 0 aliphatic carbocycles. The largest absolute Gasteiger partial charge is 0.487 e. The Kier molecular flexibility index (Phi) is 13.9. The molecule has 0 saturated heterocycles. The summed E-state index contributed by atoms with van der Waals surface area (Å²) >= 11 is 0. The van der Waals surface area contributed by atoms with Gasteiger partial charge in [0, 0.05) is 22.1 Å². The van der Waals surface area contributed by atoms with Crippen LogP contribution in [0, 0.1) is 38.5 Å². The number of benzene rings is 3. The molecule has 0 bridgehead atoms. The van der Waals surface area contributed by atoms with Crippen LogP contribution in [0.1, 0.15) is 172 Å². The van der Waals surface area contributed by atoms with Crippen LogP contribution >= 0.6 is 0 Å². The van der Waals surface area contributed by atoms with Crippen molar-refractivity contribution in [1.29, 1.82) is 0 Å². The average Bonchev–Trinajstić information content (AvgIpc) is 3.67. The molecule has 0 N–H and O–H groups in total. The van der Waals surface area contributed by atoms with Gasteiger partial charge in [-0.3, -0.25) is 4.79 Å². The molecule has 0 saturated carbocycles. The van der Waals surface area contributed by atoms with Crippen LogP contribution in [-0.2, 0) is 39.4 Å². The number of esters is 3. The third-order valence-electron chi connectivity index (χ3n) is 15.0. The molecule has 0 fully saturated rings. The van der Waals surface area contributed by atoms with Crippen LogP contribution in [-0.4, -0.2) is 33.1 Å². The Morgan fingerprint density at radius 2 is 1.46 bits per heavy atom. The van der Waals surface area contributed by atoms with Crippen LogP contribution in [0.4, 0.5) is 0 Å². The number of ether oxygens (including phenoxy) is 4. The lowest BCUT2D eigenvalue weighted by atomic mass is 9.83. The SMILES string of the molecule is CC[C@@]1(OC(=O)c2ccc(C(=O)Oc3c(C)c(C)c4c(c3C)CC[C@@](C)(CCC[C@H](C)CCC[C@H](C)CCCC(C)C)O4)cc2)C(=O)OCc2c1cc1n(c2=O)Cc2cc3ccccc3nc2-1. The highest BCUT2D eigenvalue weighted by Gasteiger charge is 2.50. The predicted molar refractivity (Wildman–Crippen MR) is 262 cm³/mol. The number of para-hydroxylation sites is 1. The highest BCUT2D eigenvalue weighted by atomic mass is 16.6. The zero-order valence-corrected chi connectivity index (χ0v) is 41.1. The first-order valence-corrected chi connectivity index (χ1v) is 24.7. The van der Waals surface area contributed by atoms with Gasteiger partial charge in [0.1, 0.15) is 23.7 Å². The molecule has 0 unspecified atom stereocenters. The molecule has 2 aromatic heterocycles. The van der Waals surface area contributed by atoms with Crippen molar-refractivity contribution < 1.29 is 33.3 Å². The van der Waals surface area contributed by atoms with Gasteiger partial charge in [0.2, 0.25) is 5.60 Å². The maximum absolute atomic E-state index is 14.0. The van der Waals surface area contributed by atoms with Gasteiger partial charge < -0.3 is 23.5 Å². The van der Waals surface area contributed by atoms with Gasteiger partial charge in [-0.25, -0.2) is 19.4 Å². The third kappa shape index (κ3) is 9.55. The average molecular weight is 909 g/mol. The standard InChI is InChI=1S/C57H68N2O8/c1-10-57(46-31-48-49-43(30-42-21-11-12-22-47(42)58-49)32-59(48)52(60)45(46)33-64-55(57)63)67-54(62)41-25-23-40(24-26-41)53(61)65-50-37(6)38(7)51-44(39(50)8)27-29-56(9,66-51)28-15-20-36(5)19-14-18-35(4)17-13-16-34(2)3/h11-12,21-26,30-31,34-36H,10,13-20,27-29,32-33H2,1-9H3/t35-,36-,56-,57+/m1/s1. The summed E-state index contributed by atoms with van der Waals surface area (Å²) in [6.07, 6.45) is 13.1. The predicted octanol–water partition coefficient (Wildman–Crippen LogP) is 12.6. The van der Waals surface area contributed by atoms with Gasteiger partial charge in [-0.15, -0.1) is 0 Å². The Hall–Kier alpha value is -5.77. The van der Waals surface area contributed by atoms with E-state index >= 15 is 0 Å². The highest BCUT2D eigenvalue weighted by Crippen LogP contribution is 2.46. The number of nitrogens with zero attached hydrogens (tertiary/aromatic N) is 2. The van der Waals surface area contributed by atoms with E-state index in [-0.39, 0.29) is 40.9 Å². The van der Waals surface area contributed by atoms with E-state index in [9.17, 15) is 19.2 Å². The first-order chi connectivity index (χ1) is 32.0. The van der Waals surface area contributed by atoms with Gasteiger partial charge in [0.25, 0.3) is 5.56 Å². The van der Waals surface area contributed by atoms with Crippen molar-refractivity contribution in [3.8, 4) is 22.9 Å². The molecule has 354 valence electrons. The minimum atomic E-state index is -1.87. The van der Waals surface area contributed by atoms with Crippen LogP contribution in [0.25, 0.3) is 22.3 Å². The second-order valence-corrected chi connectivity index (χ2v) is 20.5. The fourth-order valence-corrected chi connectivity index (χ4v) is 10.6. The van der Waals surface area contributed by atoms with Gasteiger partial charge in [-0.2, -0.15) is 0 Å². The summed E-state index contributed by atoms with van der Waals surface area (Å²) in [5, 5.41) is 0.961. The molecule has 10 heteroatoms. The Balaban J connectivity index is 0.910. The quantitative estimate of drug-likeness (QED) is 0.0650. The van der Waals surface area contributed by atoms with E-state index in [4.69, 9.17) is 23.9 Å². The molecule has 8 rings (SSSR count). The van der Waals surface area contributed by atoms with E-state index in [1.165, 1.54) is 69.2 Å². The molecule has 10 nitrogen and oxygen atoms in total. The Labute approximate surface area is 395 Å². The topological polar surface area (TPSA) is 123 Å². The molecule has 3 aromatic carbocycles. The summed E-state index contributed by atoms with van der Waals surface area (Å²) in [4.78, 5) is 60.2. The molecule has 0 radical (unpaired) electrons. The molecule has 5 aromatic rings. The molecule has 0 spiro atoms. The second-order valence-electron chi connectivity index (χ2n) is 20.5. The number of aromatic nitrogens is 2. The normalized spacial score (nSPS) is 19.2. The number of carbonyl (C=O) groups is 3.